The molecule has 6 nitrogen and oxygen atoms in total. The molecule has 1 aromatic carbocycles. The number of aryl methyl sites for hydroxylation is 1. The van der Waals surface area contributed by atoms with Crippen molar-refractivity contribution in [2.45, 2.75) is 13.8 Å². The van der Waals surface area contributed by atoms with Crippen LogP contribution in [-0.2, 0) is 9.53 Å². The smallest absolute Gasteiger partial charge is 0.375 e. The third-order valence-electron chi connectivity index (χ3n) is 3.23. The number of amides is 1. The van der Waals surface area contributed by atoms with Gasteiger partial charge in [0.25, 0.3) is 5.91 Å². The molecule has 0 saturated heterocycles. The summed E-state index contributed by atoms with van der Waals surface area (Å²) in [6.45, 7) is 3.92. The highest BCUT2D eigenvalue weighted by atomic mass is 16.5. The van der Waals surface area contributed by atoms with Crippen molar-refractivity contribution in [1.29, 1.82) is 0 Å². The summed E-state index contributed by atoms with van der Waals surface area (Å²) in [6.07, 6.45) is 0. The number of benzene rings is 1. The van der Waals surface area contributed by atoms with Crippen LogP contribution >= 0.6 is 0 Å². The van der Waals surface area contributed by atoms with E-state index in [1.165, 1.54) is 4.90 Å². The molecule has 0 unspecified atom stereocenters. The summed E-state index contributed by atoms with van der Waals surface area (Å²) < 4.78 is 16.0. The number of hydrogen-bond acceptors (Lipinski definition) is 5. The van der Waals surface area contributed by atoms with E-state index in [2.05, 4.69) is 0 Å². The van der Waals surface area contributed by atoms with Gasteiger partial charge in [0.05, 0.1) is 6.61 Å². The third kappa shape index (κ3) is 3.21. The van der Waals surface area contributed by atoms with Gasteiger partial charge in [-0.2, -0.15) is 0 Å². The summed E-state index contributed by atoms with van der Waals surface area (Å²) in [5.74, 6) is -0.126. The first-order valence-corrected chi connectivity index (χ1v) is 6.97. The molecular formula is C16H19NO5. The van der Waals surface area contributed by atoms with E-state index in [9.17, 15) is 9.59 Å². The number of furan rings is 1. The zero-order valence-corrected chi connectivity index (χ0v) is 13.1. The average Bonchev–Trinajstić information content (AvgIpc) is 2.82. The molecule has 0 aliphatic carbocycles. The molecule has 2 aromatic rings. The Morgan fingerprint density at radius 3 is 2.64 bits per heavy atom. The van der Waals surface area contributed by atoms with E-state index >= 15 is 0 Å². The number of rotatable bonds is 5. The van der Waals surface area contributed by atoms with Crippen LogP contribution in [-0.4, -0.2) is 44.1 Å². The van der Waals surface area contributed by atoms with Gasteiger partial charge in [-0.15, -0.1) is 0 Å². The number of ether oxygens (including phenoxy) is 2. The Bertz CT molecular complexity index is 702. The first-order chi connectivity index (χ1) is 10.4. The molecule has 6 heteroatoms. The quantitative estimate of drug-likeness (QED) is 0.793. The van der Waals surface area contributed by atoms with Crippen LogP contribution < -0.4 is 4.74 Å². The lowest BCUT2D eigenvalue weighted by atomic mass is 10.1. The standard InChI is InChI=1S/C16H19NO5/c1-5-20-11-6-7-13-12(8-11)10(2)15(22-13)16(19)21-9-14(18)17(3)4/h6-8H,5,9H2,1-4H3. The van der Waals surface area contributed by atoms with Crippen LogP contribution in [0.5, 0.6) is 5.75 Å². The maximum absolute atomic E-state index is 12.1. The number of fused-ring (bicyclic) bond motifs is 1. The number of nitrogens with zero attached hydrogens (tertiary/aromatic N) is 1. The summed E-state index contributed by atoms with van der Waals surface area (Å²) >= 11 is 0. The Labute approximate surface area is 128 Å². The molecule has 0 aliphatic rings. The summed E-state index contributed by atoms with van der Waals surface area (Å²) in [6, 6.07) is 5.34. The van der Waals surface area contributed by atoms with Crippen LogP contribution in [0.15, 0.2) is 22.6 Å². The predicted molar refractivity (Wildman–Crippen MR) is 81.1 cm³/mol. The lowest BCUT2D eigenvalue weighted by molar-refractivity contribution is -0.132. The topological polar surface area (TPSA) is 69.0 Å². The highest BCUT2D eigenvalue weighted by Gasteiger charge is 2.20. The number of carbonyl (C=O) groups excluding carboxylic acids is 2. The molecule has 0 spiro atoms. The Morgan fingerprint density at radius 1 is 1.27 bits per heavy atom. The van der Waals surface area contributed by atoms with Gasteiger partial charge >= 0.3 is 5.97 Å². The molecule has 0 aliphatic heterocycles. The van der Waals surface area contributed by atoms with Gasteiger partial charge in [0.2, 0.25) is 5.76 Å². The van der Waals surface area contributed by atoms with Crippen LogP contribution in [0.4, 0.5) is 0 Å². The molecule has 1 amide bonds. The number of hydrogen-bond donors (Lipinski definition) is 0. The molecule has 0 N–H and O–H groups in total. The second-order valence-electron chi connectivity index (χ2n) is 5.01. The van der Waals surface area contributed by atoms with Gasteiger partial charge in [0.15, 0.2) is 6.61 Å². The molecule has 0 radical (unpaired) electrons. The van der Waals surface area contributed by atoms with E-state index in [0.29, 0.717) is 23.5 Å². The lowest BCUT2D eigenvalue weighted by Crippen LogP contribution is -2.27. The normalized spacial score (nSPS) is 10.5. The van der Waals surface area contributed by atoms with Gasteiger partial charge in [0.1, 0.15) is 11.3 Å². The van der Waals surface area contributed by atoms with Crippen LogP contribution in [0.2, 0.25) is 0 Å². The number of esters is 1. The molecule has 0 bridgehead atoms. The van der Waals surface area contributed by atoms with Crippen molar-refractivity contribution in [2.24, 2.45) is 0 Å². The van der Waals surface area contributed by atoms with Crippen LogP contribution in [0.3, 0.4) is 0 Å². The lowest BCUT2D eigenvalue weighted by Gasteiger charge is -2.09. The first-order valence-electron chi connectivity index (χ1n) is 6.97. The van der Waals surface area contributed by atoms with Crippen molar-refractivity contribution in [3.05, 3.63) is 29.5 Å². The van der Waals surface area contributed by atoms with Crippen molar-refractivity contribution >= 4 is 22.8 Å². The fourth-order valence-corrected chi connectivity index (χ4v) is 1.97. The van der Waals surface area contributed by atoms with Crippen LogP contribution in [0.1, 0.15) is 23.0 Å². The molecule has 1 aromatic heterocycles. The van der Waals surface area contributed by atoms with Crippen molar-refractivity contribution < 1.29 is 23.5 Å². The first kappa shape index (κ1) is 15.9. The van der Waals surface area contributed by atoms with Gasteiger partial charge in [0, 0.05) is 25.0 Å². The molecule has 1 heterocycles. The fourth-order valence-electron chi connectivity index (χ4n) is 1.97. The van der Waals surface area contributed by atoms with Crippen molar-refractivity contribution in [3.63, 3.8) is 0 Å². The summed E-state index contributed by atoms with van der Waals surface area (Å²) in [7, 11) is 3.19. The summed E-state index contributed by atoms with van der Waals surface area (Å²) in [5.41, 5.74) is 1.24. The summed E-state index contributed by atoms with van der Waals surface area (Å²) in [4.78, 5) is 24.9. The monoisotopic (exact) mass is 305 g/mol. The van der Waals surface area contributed by atoms with E-state index in [0.717, 1.165) is 5.39 Å². The van der Waals surface area contributed by atoms with Crippen molar-refractivity contribution in [3.8, 4) is 5.75 Å². The van der Waals surface area contributed by atoms with Gasteiger partial charge in [-0.3, -0.25) is 4.79 Å². The average molecular weight is 305 g/mol. The Kier molecular flexibility index (Phi) is 4.70. The van der Waals surface area contributed by atoms with Crippen LogP contribution in [0.25, 0.3) is 11.0 Å². The van der Waals surface area contributed by atoms with Gasteiger partial charge in [-0.05, 0) is 32.0 Å². The Morgan fingerprint density at radius 2 is 2.00 bits per heavy atom. The number of likely N-dealkylation sites (N-methyl/N-ethyl adjacent to an activating group) is 1. The Hall–Kier alpha value is -2.50. The predicted octanol–water partition coefficient (Wildman–Crippen LogP) is 2.38. The van der Waals surface area contributed by atoms with E-state index < -0.39 is 5.97 Å². The Balaban J connectivity index is 2.22. The van der Waals surface area contributed by atoms with Gasteiger partial charge in [-0.25, -0.2) is 4.79 Å². The second kappa shape index (κ2) is 6.51. The SMILES string of the molecule is CCOc1ccc2oc(C(=O)OCC(=O)N(C)C)c(C)c2c1. The number of carbonyl (C=O) groups is 2. The van der Waals surface area contributed by atoms with Crippen LogP contribution in [0, 0.1) is 6.92 Å². The molecular weight excluding hydrogens is 286 g/mol. The van der Waals surface area contributed by atoms with Crippen molar-refractivity contribution in [1.82, 2.24) is 4.90 Å². The third-order valence-corrected chi connectivity index (χ3v) is 3.23. The summed E-state index contributed by atoms with van der Waals surface area (Å²) in [5, 5.41) is 0.789. The van der Waals surface area contributed by atoms with Gasteiger partial charge in [-0.1, -0.05) is 0 Å². The highest BCUT2D eigenvalue weighted by molar-refractivity contribution is 5.97. The van der Waals surface area contributed by atoms with E-state index in [1.54, 1.807) is 33.2 Å². The van der Waals surface area contributed by atoms with E-state index in [1.807, 2.05) is 13.0 Å². The second-order valence-corrected chi connectivity index (χ2v) is 5.01. The zero-order valence-electron chi connectivity index (χ0n) is 13.1. The van der Waals surface area contributed by atoms with E-state index in [-0.39, 0.29) is 18.3 Å². The van der Waals surface area contributed by atoms with Crippen molar-refractivity contribution in [2.75, 3.05) is 27.3 Å². The maximum atomic E-state index is 12.1. The molecule has 22 heavy (non-hydrogen) atoms. The molecule has 118 valence electrons. The largest absolute Gasteiger partial charge is 0.494 e. The highest BCUT2D eigenvalue weighted by Crippen LogP contribution is 2.29. The minimum absolute atomic E-state index is 0.107. The zero-order chi connectivity index (χ0) is 16.3. The minimum atomic E-state index is -0.651. The maximum Gasteiger partial charge on any atom is 0.375 e. The van der Waals surface area contributed by atoms with E-state index in [4.69, 9.17) is 13.9 Å². The molecule has 0 atom stereocenters. The van der Waals surface area contributed by atoms with Gasteiger partial charge < -0.3 is 18.8 Å². The molecule has 2 rings (SSSR count). The fraction of sp³-hybridized carbons (Fsp3) is 0.375. The minimum Gasteiger partial charge on any atom is -0.494 e. The molecule has 0 fully saturated rings. The molecule has 0 saturated carbocycles.